The van der Waals surface area contributed by atoms with Gasteiger partial charge in [0, 0.05) is 18.6 Å². The van der Waals surface area contributed by atoms with Crippen LogP contribution in [-0.4, -0.2) is 24.3 Å². The maximum atomic E-state index is 11.8. The number of esters is 1. The zero-order valence-corrected chi connectivity index (χ0v) is 20.2. The van der Waals surface area contributed by atoms with E-state index in [1.165, 1.54) is 11.1 Å². The Kier molecular flexibility index (Phi) is 9.42. The van der Waals surface area contributed by atoms with Crippen molar-refractivity contribution in [3.05, 3.63) is 108 Å². The minimum atomic E-state index is -0.347. The van der Waals surface area contributed by atoms with Gasteiger partial charge in [-0.2, -0.15) is 0 Å². The van der Waals surface area contributed by atoms with E-state index in [9.17, 15) is 4.79 Å². The van der Waals surface area contributed by atoms with Crippen LogP contribution in [0.1, 0.15) is 37.0 Å². The number of aryl methyl sites for hydroxylation is 1. The highest BCUT2D eigenvalue weighted by atomic mass is 16.5. The summed E-state index contributed by atoms with van der Waals surface area (Å²) in [6.07, 6.45) is 7.57. The number of rotatable bonds is 11. The van der Waals surface area contributed by atoms with Crippen molar-refractivity contribution in [1.29, 1.82) is 0 Å². The number of benzene rings is 3. The van der Waals surface area contributed by atoms with Crippen LogP contribution < -0.4 is 0 Å². The number of hydrogen-bond acceptors (Lipinski definition) is 3. The first-order valence-electron chi connectivity index (χ1n) is 11.9. The fraction of sp³-hybridized carbons (Fsp3) is 0.258. The lowest BCUT2D eigenvalue weighted by atomic mass is 9.93. The van der Waals surface area contributed by atoms with Gasteiger partial charge in [-0.15, -0.1) is 0 Å². The normalized spacial score (nSPS) is 11.0. The van der Waals surface area contributed by atoms with E-state index in [-0.39, 0.29) is 12.6 Å². The Morgan fingerprint density at radius 3 is 2.12 bits per heavy atom. The van der Waals surface area contributed by atoms with Crippen molar-refractivity contribution in [1.82, 2.24) is 0 Å². The van der Waals surface area contributed by atoms with Crippen molar-refractivity contribution >= 4 is 5.97 Å². The van der Waals surface area contributed by atoms with E-state index >= 15 is 0 Å². The van der Waals surface area contributed by atoms with Gasteiger partial charge in [0.1, 0.15) is 0 Å². The number of allylic oxidation sites excluding steroid dienone is 2. The Balaban J connectivity index is 1.82. The molecule has 0 spiro atoms. The smallest absolute Gasteiger partial charge is 0.333 e. The lowest BCUT2D eigenvalue weighted by Crippen LogP contribution is -2.08. The summed E-state index contributed by atoms with van der Waals surface area (Å²) in [6.45, 7) is 7.85. The third-order valence-electron chi connectivity index (χ3n) is 5.84. The second kappa shape index (κ2) is 12.7. The van der Waals surface area contributed by atoms with Crippen molar-refractivity contribution in [3.8, 4) is 22.3 Å². The van der Waals surface area contributed by atoms with Gasteiger partial charge in [-0.1, -0.05) is 85.5 Å². The molecule has 0 aliphatic rings. The van der Waals surface area contributed by atoms with Crippen LogP contribution >= 0.6 is 0 Å². The van der Waals surface area contributed by atoms with Crippen LogP contribution in [0.3, 0.4) is 0 Å². The quantitative estimate of drug-likeness (QED) is 0.199. The summed E-state index contributed by atoms with van der Waals surface area (Å²) in [7, 11) is 0. The van der Waals surface area contributed by atoms with Crippen LogP contribution in [0.4, 0.5) is 0 Å². The van der Waals surface area contributed by atoms with Gasteiger partial charge in [0.2, 0.25) is 0 Å². The predicted molar refractivity (Wildman–Crippen MR) is 141 cm³/mol. The summed E-state index contributed by atoms with van der Waals surface area (Å²) in [5.74, 6) is -0.347. The van der Waals surface area contributed by atoms with Gasteiger partial charge in [0.15, 0.2) is 0 Å². The first kappa shape index (κ1) is 25.2. The summed E-state index contributed by atoms with van der Waals surface area (Å²) in [5.41, 5.74) is 8.61. The molecule has 0 aliphatic carbocycles. The Labute approximate surface area is 203 Å². The molecule has 3 aromatic carbocycles. The molecule has 34 heavy (non-hydrogen) atoms. The lowest BCUT2D eigenvalue weighted by Gasteiger charge is -2.14. The molecule has 1 N–H and O–H groups in total. The standard InChI is InChI=1S/C31H34O3/c1-4-5-6-7-25-10-17-30(29(22-25)19-21-34-31(33)23(2)3)28-15-13-27(14-16-28)26-11-8-24(9-12-26)18-20-32/h4-5,8-17,22,32H,2,6-7,18-21H2,1,3H3/b5-4+. The molecule has 0 fully saturated rings. The highest BCUT2D eigenvalue weighted by Crippen LogP contribution is 2.29. The molecule has 0 saturated heterocycles. The van der Waals surface area contributed by atoms with Gasteiger partial charge in [0.05, 0.1) is 6.61 Å². The van der Waals surface area contributed by atoms with Crippen LogP contribution in [0.25, 0.3) is 22.3 Å². The second-order valence-corrected chi connectivity index (χ2v) is 8.51. The van der Waals surface area contributed by atoms with Gasteiger partial charge < -0.3 is 9.84 Å². The van der Waals surface area contributed by atoms with Gasteiger partial charge in [-0.3, -0.25) is 0 Å². The molecule has 3 heteroatoms. The van der Waals surface area contributed by atoms with Crippen molar-refractivity contribution in [2.24, 2.45) is 0 Å². The molecule has 3 aromatic rings. The highest BCUT2D eigenvalue weighted by molar-refractivity contribution is 5.86. The monoisotopic (exact) mass is 454 g/mol. The number of carbonyl (C=O) groups is 1. The summed E-state index contributed by atoms with van der Waals surface area (Å²) in [5, 5.41) is 9.11. The van der Waals surface area contributed by atoms with E-state index in [2.05, 4.69) is 85.5 Å². The van der Waals surface area contributed by atoms with E-state index in [0.29, 0.717) is 25.0 Å². The molecular formula is C31H34O3. The zero-order chi connectivity index (χ0) is 24.3. The molecule has 0 bridgehead atoms. The van der Waals surface area contributed by atoms with Crippen molar-refractivity contribution < 1.29 is 14.6 Å². The van der Waals surface area contributed by atoms with E-state index in [0.717, 1.165) is 40.7 Å². The molecule has 3 nitrogen and oxygen atoms in total. The van der Waals surface area contributed by atoms with Crippen LogP contribution in [0.15, 0.2) is 91.0 Å². The molecule has 0 aliphatic heterocycles. The van der Waals surface area contributed by atoms with E-state index in [1.54, 1.807) is 6.92 Å². The maximum Gasteiger partial charge on any atom is 0.333 e. The number of hydrogen-bond donors (Lipinski definition) is 1. The van der Waals surface area contributed by atoms with Crippen LogP contribution in [-0.2, 0) is 28.8 Å². The molecular weight excluding hydrogens is 420 g/mol. The van der Waals surface area contributed by atoms with E-state index < -0.39 is 0 Å². The molecule has 176 valence electrons. The van der Waals surface area contributed by atoms with Gasteiger partial charge in [-0.25, -0.2) is 4.79 Å². The fourth-order valence-corrected chi connectivity index (χ4v) is 3.92. The molecule has 0 heterocycles. The first-order valence-corrected chi connectivity index (χ1v) is 11.9. The molecule has 0 saturated carbocycles. The molecule has 0 radical (unpaired) electrons. The number of aliphatic hydroxyl groups excluding tert-OH is 1. The zero-order valence-electron chi connectivity index (χ0n) is 20.2. The van der Waals surface area contributed by atoms with Crippen LogP contribution in [0, 0.1) is 0 Å². The Morgan fingerprint density at radius 1 is 0.882 bits per heavy atom. The molecule has 0 atom stereocenters. The number of aliphatic hydroxyl groups is 1. The minimum absolute atomic E-state index is 0.164. The molecule has 0 amide bonds. The molecule has 3 rings (SSSR count). The maximum absolute atomic E-state index is 11.8. The summed E-state index contributed by atoms with van der Waals surface area (Å²) in [6, 6.07) is 23.5. The van der Waals surface area contributed by atoms with Gasteiger partial charge >= 0.3 is 5.97 Å². The topological polar surface area (TPSA) is 46.5 Å². The number of carbonyl (C=O) groups excluding carboxylic acids is 1. The third kappa shape index (κ3) is 7.03. The lowest BCUT2D eigenvalue weighted by molar-refractivity contribution is -0.138. The third-order valence-corrected chi connectivity index (χ3v) is 5.84. The first-order chi connectivity index (χ1) is 16.5. The molecule has 0 aromatic heterocycles. The number of ether oxygens (including phenoxy) is 1. The molecule has 0 unspecified atom stereocenters. The van der Waals surface area contributed by atoms with Gasteiger partial charge in [0.25, 0.3) is 0 Å². The Bertz CT molecular complexity index is 1120. The van der Waals surface area contributed by atoms with E-state index in [1.807, 2.05) is 6.92 Å². The van der Waals surface area contributed by atoms with Crippen molar-refractivity contribution in [3.63, 3.8) is 0 Å². The highest BCUT2D eigenvalue weighted by Gasteiger charge is 2.10. The Hall–Kier alpha value is -3.43. The van der Waals surface area contributed by atoms with Gasteiger partial charge in [-0.05, 0) is 72.1 Å². The SMILES string of the molecule is C=C(C)C(=O)OCCc1cc(CC/C=C/C)ccc1-c1ccc(-c2ccc(CCO)cc2)cc1. The fourth-order valence-electron chi connectivity index (χ4n) is 3.92. The summed E-state index contributed by atoms with van der Waals surface area (Å²) in [4.78, 5) is 11.8. The average molecular weight is 455 g/mol. The van der Waals surface area contributed by atoms with Crippen LogP contribution in [0.2, 0.25) is 0 Å². The van der Waals surface area contributed by atoms with Crippen molar-refractivity contribution in [2.45, 2.75) is 39.5 Å². The minimum Gasteiger partial charge on any atom is -0.462 e. The predicted octanol–water partition coefficient (Wildman–Crippen LogP) is 6.73. The average Bonchev–Trinajstić information content (AvgIpc) is 2.85. The Morgan fingerprint density at radius 2 is 1.50 bits per heavy atom. The van der Waals surface area contributed by atoms with Crippen LogP contribution in [0.5, 0.6) is 0 Å². The summed E-state index contributed by atoms with van der Waals surface area (Å²) < 4.78 is 5.38. The van der Waals surface area contributed by atoms with Crippen molar-refractivity contribution in [2.75, 3.05) is 13.2 Å². The largest absolute Gasteiger partial charge is 0.462 e. The summed E-state index contributed by atoms with van der Waals surface area (Å²) >= 11 is 0. The second-order valence-electron chi connectivity index (χ2n) is 8.51. The van der Waals surface area contributed by atoms with E-state index in [4.69, 9.17) is 9.84 Å².